The van der Waals surface area contributed by atoms with Crippen LogP contribution in [0.15, 0.2) is 77.7 Å². The Labute approximate surface area is 200 Å². The third kappa shape index (κ3) is 6.81. The first-order chi connectivity index (χ1) is 16.3. The second-order valence-corrected chi connectivity index (χ2v) is 9.69. The number of anilines is 1. The van der Waals surface area contributed by atoms with E-state index in [4.69, 9.17) is 4.74 Å². The third-order valence-corrected chi connectivity index (χ3v) is 7.00. The molecular weight excluding hydrogens is 455 g/mol. The zero-order chi connectivity index (χ0) is 24.6. The molecule has 1 amide bonds. The molecule has 34 heavy (non-hydrogen) atoms. The van der Waals surface area contributed by atoms with Gasteiger partial charge in [-0.25, -0.2) is 12.8 Å². The van der Waals surface area contributed by atoms with Gasteiger partial charge >= 0.3 is 0 Å². The fourth-order valence-electron chi connectivity index (χ4n) is 3.39. The van der Waals surface area contributed by atoms with Gasteiger partial charge in [0.1, 0.15) is 18.1 Å². The Morgan fingerprint density at radius 2 is 1.62 bits per heavy atom. The number of nitrogens with one attached hydrogen (secondary N) is 1. The molecule has 6 nitrogen and oxygen atoms in total. The van der Waals surface area contributed by atoms with Gasteiger partial charge in [0.05, 0.1) is 17.2 Å². The normalized spacial score (nSPS) is 11.1. The first-order valence-electron chi connectivity index (χ1n) is 11.1. The molecule has 0 aromatic heterocycles. The third-order valence-electron chi connectivity index (χ3n) is 5.21. The predicted molar refractivity (Wildman–Crippen MR) is 131 cm³/mol. The molecule has 0 saturated carbocycles. The highest BCUT2D eigenvalue weighted by molar-refractivity contribution is 7.92. The van der Waals surface area contributed by atoms with E-state index in [-0.39, 0.29) is 17.3 Å². The molecule has 0 aliphatic rings. The average molecular weight is 485 g/mol. The van der Waals surface area contributed by atoms with Gasteiger partial charge in [0.15, 0.2) is 0 Å². The van der Waals surface area contributed by atoms with Gasteiger partial charge in [0.25, 0.3) is 10.0 Å². The van der Waals surface area contributed by atoms with Crippen LogP contribution in [-0.4, -0.2) is 34.0 Å². The highest BCUT2D eigenvalue weighted by Gasteiger charge is 2.27. The molecule has 3 aromatic carbocycles. The van der Waals surface area contributed by atoms with Crippen molar-refractivity contribution in [3.05, 3.63) is 89.7 Å². The first kappa shape index (κ1) is 25.2. The summed E-state index contributed by atoms with van der Waals surface area (Å²) in [6, 6.07) is 19.3. The Morgan fingerprint density at radius 1 is 0.971 bits per heavy atom. The lowest BCUT2D eigenvalue weighted by atomic mass is 10.1. The number of rotatable bonds is 11. The SMILES string of the molecule is CCOc1ccc(N(CC(=O)NCCCc2ccc(F)cc2)S(=O)(=O)c2ccc(C)cc2)cc1. The number of amides is 1. The van der Waals surface area contributed by atoms with Gasteiger partial charge in [-0.2, -0.15) is 0 Å². The van der Waals surface area contributed by atoms with Gasteiger partial charge in [0.2, 0.25) is 5.91 Å². The van der Waals surface area contributed by atoms with Crippen molar-refractivity contribution in [2.75, 3.05) is 24.0 Å². The minimum atomic E-state index is -3.97. The lowest BCUT2D eigenvalue weighted by Gasteiger charge is -2.24. The molecular formula is C26H29FN2O4S. The van der Waals surface area contributed by atoms with Crippen LogP contribution < -0.4 is 14.4 Å². The van der Waals surface area contributed by atoms with Crippen molar-refractivity contribution in [1.29, 1.82) is 0 Å². The number of hydrogen-bond donors (Lipinski definition) is 1. The summed E-state index contributed by atoms with van der Waals surface area (Å²) < 4.78 is 46.4. The van der Waals surface area contributed by atoms with Crippen molar-refractivity contribution in [1.82, 2.24) is 5.32 Å². The van der Waals surface area contributed by atoms with Crippen LogP contribution in [0.25, 0.3) is 0 Å². The fraction of sp³-hybridized carbons (Fsp3) is 0.269. The number of benzene rings is 3. The molecule has 0 aliphatic heterocycles. The number of halogens is 1. The molecule has 3 rings (SSSR count). The molecule has 0 unspecified atom stereocenters. The number of carbonyl (C=O) groups is 1. The standard InChI is InChI=1S/C26H29FN2O4S/c1-3-33-24-14-12-23(13-15-24)29(34(31,32)25-16-6-20(2)7-17-25)19-26(30)28-18-4-5-21-8-10-22(27)11-9-21/h6-17H,3-5,18-19H2,1-2H3,(H,28,30). The van der Waals surface area contributed by atoms with Gasteiger partial charge in [0, 0.05) is 6.54 Å². The van der Waals surface area contributed by atoms with Gasteiger partial charge in [-0.3, -0.25) is 9.10 Å². The van der Waals surface area contributed by atoms with E-state index >= 15 is 0 Å². The minimum Gasteiger partial charge on any atom is -0.494 e. The molecule has 8 heteroatoms. The Morgan fingerprint density at radius 3 is 2.24 bits per heavy atom. The van der Waals surface area contributed by atoms with E-state index < -0.39 is 15.9 Å². The Hall–Kier alpha value is -3.39. The number of nitrogens with zero attached hydrogens (tertiary/aromatic N) is 1. The van der Waals surface area contributed by atoms with E-state index in [0.29, 0.717) is 37.4 Å². The monoisotopic (exact) mass is 484 g/mol. The highest BCUT2D eigenvalue weighted by atomic mass is 32.2. The van der Waals surface area contributed by atoms with Crippen LogP contribution in [0.2, 0.25) is 0 Å². The summed E-state index contributed by atoms with van der Waals surface area (Å²) >= 11 is 0. The summed E-state index contributed by atoms with van der Waals surface area (Å²) in [4.78, 5) is 12.8. The van der Waals surface area contributed by atoms with Crippen molar-refractivity contribution in [2.45, 2.75) is 31.6 Å². The van der Waals surface area contributed by atoms with Crippen LogP contribution in [0.1, 0.15) is 24.5 Å². The van der Waals surface area contributed by atoms with Crippen molar-refractivity contribution >= 4 is 21.6 Å². The fourth-order valence-corrected chi connectivity index (χ4v) is 4.81. The second-order valence-electron chi connectivity index (χ2n) is 7.83. The van der Waals surface area contributed by atoms with E-state index in [1.807, 2.05) is 13.8 Å². The molecule has 3 aromatic rings. The van der Waals surface area contributed by atoms with Crippen LogP contribution in [-0.2, 0) is 21.2 Å². The Bertz CT molecular complexity index is 1180. The molecule has 1 N–H and O–H groups in total. The van der Waals surface area contributed by atoms with Crippen molar-refractivity contribution in [3.63, 3.8) is 0 Å². The van der Waals surface area contributed by atoms with Gasteiger partial charge in [-0.15, -0.1) is 0 Å². The zero-order valence-electron chi connectivity index (χ0n) is 19.3. The van der Waals surface area contributed by atoms with Crippen LogP contribution in [0.5, 0.6) is 5.75 Å². The number of sulfonamides is 1. The van der Waals surface area contributed by atoms with Crippen molar-refractivity contribution in [2.24, 2.45) is 0 Å². The van der Waals surface area contributed by atoms with Crippen molar-refractivity contribution in [3.8, 4) is 5.75 Å². The summed E-state index contributed by atoms with van der Waals surface area (Å²) in [7, 11) is -3.97. The maximum Gasteiger partial charge on any atom is 0.264 e. The summed E-state index contributed by atoms with van der Waals surface area (Å²) in [5.41, 5.74) is 2.27. The molecule has 0 saturated heterocycles. The molecule has 0 atom stereocenters. The van der Waals surface area contributed by atoms with Gasteiger partial charge in [-0.05, 0) is 80.8 Å². The van der Waals surface area contributed by atoms with E-state index in [9.17, 15) is 17.6 Å². The highest BCUT2D eigenvalue weighted by Crippen LogP contribution is 2.26. The minimum absolute atomic E-state index is 0.107. The van der Waals surface area contributed by atoms with Crippen LogP contribution >= 0.6 is 0 Å². The van der Waals surface area contributed by atoms with E-state index in [1.165, 1.54) is 24.3 Å². The smallest absolute Gasteiger partial charge is 0.264 e. The van der Waals surface area contributed by atoms with E-state index in [0.717, 1.165) is 15.4 Å². The Kier molecular flexibility index (Phi) is 8.65. The average Bonchev–Trinajstić information content (AvgIpc) is 2.82. The topological polar surface area (TPSA) is 75.7 Å². The lowest BCUT2D eigenvalue weighted by Crippen LogP contribution is -2.41. The van der Waals surface area contributed by atoms with E-state index in [2.05, 4.69) is 5.32 Å². The molecule has 0 bridgehead atoms. The number of carbonyl (C=O) groups excluding carboxylic acids is 1. The van der Waals surface area contributed by atoms with Crippen molar-refractivity contribution < 1.29 is 22.3 Å². The molecule has 180 valence electrons. The summed E-state index contributed by atoms with van der Waals surface area (Å²) in [6.07, 6.45) is 1.32. The first-order valence-corrected chi connectivity index (χ1v) is 12.6. The maximum absolute atomic E-state index is 13.4. The van der Waals surface area contributed by atoms with Crippen LogP contribution in [0.4, 0.5) is 10.1 Å². The zero-order valence-corrected chi connectivity index (χ0v) is 20.1. The quantitative estimate of drug-likeness (QED) is 0.407. The molecule has 0 radical (unpaired) electrons. The molecule has 0 heterocycles. The maximum atomic E-state index is 13.4. The largest absolute Gasteiger partial charge is 0.494 e. The van der Waals surface area contributed by atoms with Crippen LogP contribution in [0, 0.1) is 12.7 Å². The molecule has 0 aliphatic carbocycles. The summed E-state index contributed by atoms with van der Waals surface area (Å²) in [5.74, 6) is -0.0888. The van der Waals surface area contributed by atoms with Gasteiger partial charge in [-0.1, -0.05) is 29.8 Å². The summed E-state index contributed by atoms with van der Waals surface area (Å²) in [6.45, 7) is 4.24. The predicted octanol–water partition coefficient (Wildman–Crippen LogP) is 4.48. The van der Waals surface area contributed by atoms with Crippen LogP contribution in [0.3, 0.4) is 0 Å². The summed E-state index contributed by atoms with van der Waals surface area (Å²) in [5, 5.41) is 2.79. The number of aryl methyl sites for hydroxylation is 2. The van der Waals surface area contributed by atoms with Gasteiger partial charge < -0.3 is 10.1 Å². The Balaban J connectivity index is 1.71. The lowest BCUT2D eigenvalue weighted by molar-refractivity contribution is -0.119. The number of ether oxygens (including phenoxy) is 1. The number of hydrogen-bond acceptors (Lipinski definition) is 4. The molecule has 0 spiro atoms. The molecule has 0 fully saturated rings. The van der Waals surface area contributed by atoms with E-state index in [1.54, 1.807) is 48.5 Å². The second kappa shape index (κ2) is 11.7.